The Labute approximate surface area is 167 Å². The van der Waals surface area contributed by atoms with Crippen molar-refractivity contribution in [2.24, 2.45) is 5.41 Å². The van der Waals surface area contributed by atoms with Crippen LogP contribution in [0, 0.1) is 5.41 Å². The number of aliphatic hydroxyl groups excluding tert-OH is 1. The highest BCUT2D eigenvalue weighted by molar-refractivity contribution is 5.79. The molecule has 0 aromatic heterocycles. The van der Waals surface area contributed by atoms with Crippen LogP contribution in [-0.4, -0.2) is 77.5 Å². The van der Waals surface area contributed by atoms with Crippen LogP contribution >= 0.6 is 0 Å². The van der Waals surface area contributed by atoms with Crippen molar-refractivity contribution in [1.29, 1.82) is 0 Å². The Morgan fingerprint density at radius 1 is 1.07 bits per heavy atom. The monoisotopic (exact) mass is 385 g/mol. The summed E-state index contributed by atoms with van der Waals surface area (Å²) in [6.07, 6.45) is 4.45. The molecule has 1 N–H and O–H groups in total. The van der Waals surface area contributed by atoms with Crippen LogP contribution in [0.5, 0.6) is 0 Å². The third-order valence-electron chi connectivity index (χ3n) is 6.70. The number of nitrogens with zero attached hydrogens (tertiary/aromatic N) is 3. The van der Waals surface area contributed by atoms with Gasteiger partial charge in [0.15, 0.2) is 0 Å². The summed E-state index contributed by atoms with van der Waals surface area (Å²) in [5, 5.41) is 9.25. The Morgan fingerprint density at radius 3 is 2.71 bits per heavy atom. The molecule has 3 aliphatic rings. The molecule has 1 spiro atoms. The maximum atomic E-state index is 13.0. The maximum Gasteiger partial charge on any atom is 0.236 e. The first-order valence-electron chi connectivity index (χ1n) is 10.5. The quantitative estimate of drug-likeness (QED) is 0.848. The van der Waals surface area contributed by atoms with E-state index >= 15 is 0 Å². The summed E-state index contributed by atoms with van der Waals surface area (Å²) < 4.78 is 0. The fraction of sp³-hybridized carbons (Fsp3) is 0.636. The summed E-state index contributed by atoms with van der Waals surface area (Å²) in [6, 6.07) is 8.50. The highest BCUT2D eigenvalue weighted by Crippen LogP contribution is 2.38. The van der Waals surface area contributed by atoms with E-state index in [1.165, 1.54) is 11.1 Å². The van der Waals surface area contributed by atoms with Gasteiger partial charge in [-0.15, -0.1) is 0 Å². The third kappa shape index (κ3) is 4.08. The van der Waals surface area contributed by atoms with E-state index < -0.39 is 0 Å². The molecule has 3 heterocycles. The van der Waals surface area contributed by atoms with Crippen LogP contribution in [0.4, 0.5) is 0 Å². The first kappa shape index (κ1) is 19.4. The number of piperidine rings is 2. The Balaban J connectivity index is 1.37. The Morgan fingerprint density at radius 2 is 1.89 bits per heavy atom. The minimum absolute atomic E-state index is 0.000892. The molecule has 6 nitrogen and oxygen atoms in total. The van der Waals surface area contributed by atoms with Gasteiger partial charge >= 0.3 is 0 Å². The zero-order valence-corrected chi connectivity index (χ0v) is 16.6. The number of hydrogen-bond donors (Lipinski definition) is 1. The second-order valence-corrected chi connectivity index (χ2v) is 8.69. The van der Waals surface area contributed by atoms with Crippen molar-refractivity contribution in [3.05, 3.63) is 35.4 Å². The van der Waals surface area contributed by atoms with Crippen LogP contribution < -0.4 is 0 Å². The van der Waals surface area contributed by atoms with Crippen molar-refractivity contribution in [1.82, 2.24) is 14.7 Å². The van der Waals surface area contributed by atoms with Crippen molar-refractivity contribution in [2.75, 3.05) is 45.9 Å². The molecular weight excluding hydrogens is 354 g/mol. The SMILES string of the molecule is O=C1CC[C@]2(CCCN(C(=O)CN3CCc4ccccc4C3)C2)CN1CCO. The Bertz CT molecular complexity index is 737. The third-order valence-corrected chi connectivity index (χ3v) is 6.70. The number of carbonyl (C=O) groups excluding carboxylic acids is 2. The number of β-amino-alcohol motifs (C(OH)–C–C–N with tert-alkyl or cyclic N) is 1. The topological polar surface area (TPSA) is 64.1 Å². The number of benzene rings is 1. The minimum atomic E-state index is 0.000892. The van der Waals surface area contributed by atoms with Crippen LogP contribution in [-0.2, 0) is 22.6 Å². The number of carbonyl (C=O) groups is 2. The van der Waals surface area contributed by atoms with Crippen molar-refractivity contribution in [3.8, 4) is 0 Å². The first-order valence-corrected chi connectivity index (χ1v) is 10.5. The molecule has 0 bridgehead atoms. The van der Waals surface area contributed by atoms with E-state index in [4.69, 9.17) is 0 Å². The van der Waals surface area contributed by atoms with Gasteiger partial charge in [0.25, 0.3) is 0 Å². The largest absolute Gasteiger partial charge is 0.395 e. The molecular formula is C22H31N3O3. The molecule has 0 unspecified atom stereocenters. The predicted molar refractivity (Wildman–Crippen MR) is 107 cm³/mol. The highest BCUT2D eigenvalue weighted by Gasteiger charge is 2.42. The van der Waals surface area contributed by atoms with Crippen LogP contribution in [0.15, 0.2) is 24.3 Å². The van der Waals surface area contributed by atoms with Crippen LogP contribution in [0.3, 0.4) is 0 Å². The van der Waals surface area contributed by atoms with Gasteiger partial charge in [-0.2, -0.15) is 0 Å². The van der Waals surface area contributed by atoms with Gasteiger partial charge in [0.1, 0.15) is 0 Å². The zero-order chi connectivity index (χ0) is 19.6. The van der Waals surface area contributed by atoms with E-state index in [1.54, 1.807) is 4.90 Å². The van der Waals surface area contributed by atoms with Gasteiger partial charge in [0, 0.05) is 51.1 Å². The van der Waals surface area contributed by atoms with Crippen molar-refractivity contribution >= 4 is 11.8 Å². The number of amides is 2. The average Bonchev–Trinajstić information content (AvgIpc) is 2.71. The van der Waals surface area contributed by atoms with E-state index in [1.807, 2.05) is 4.90 Å². The van der Waals surface area contributed by atoms with Crippen LogP contribution in [0.1, 0.15) is 36.8 Å². The van der Waals surface area contributed by atoms with Gasteiger partial charge in [-0.3, -0.25) is 14.5 Å². The zero-order valence-electron chi connectivity index (χ0n) is 16.6. The van der Waals surface area contributed by atoms with Gasteiger partial charge in [-0.1, -0.05) is 24.3 Å². The van der Waals surface area contributed by atoms with Crippen LogP contribution in [0.2, 0.25) is 0 Å². The fourth-order valence-electron chi connectivity index (χ4n) is 5.16. The predicted octanol–water partition coefficient (Wildman–Crippen LogP) is 1.27. The van der Waals surface area contributed by atoms with Crippen molar-refractivity contribution in [2.45, 2.75) is 38.6 Å². The van der Waals surface area contributed by atoms with Crippen LogP contribution in [0.25, 0.3) is 0 Å². The van der Waals surface area contributed by atoms with Crippen molar-refractivity contribution < 1.29 is 14.7 Å². The molecule has 28 heavy (non-hydrogen) atoms. The molecule has 4 rings (SSSR count). The van der Waals surface area contributed by atoms with Gasteiger partial charge in [-0.05, 0) is 36.8 Å². The minimum Gasteiger partial charge on any atom is -0.395 e. The lowest BCUT2D eigenvalue weighted by Crippen LogP contribution is -2.56. The molecule has 2 saturated heterocycles. The standard InChI is InChI=1S/C22H31N3O3/c26-13-12-25-17-22(9-6-20(25)27)8-3-10-24(16-22)21(28)15-23-11-7-18-4-1-2-5-19(18)14-23/h1-2,4-5,26H,3,6-17H2/t22-/m0/s1. The summed E-state index contributed by atoms with van der Waals surface area (Å²) in [5.41, 5.74) is 2.74. The van der Waals surface area contributed by atoms with E-state index in [-0.39, 0.29) is 23.8 Å². The summed E-state index contributed by atoms with van der Waals surface area (Å²) >= 11 is 0. The van der Waals surface area contributed by atoms with E-state index in [2.05, 4.69) is 29.2 Å². The number of likely N-dealkylation sites (tertiary alicyclic amines) is 2. The maximum absolute atomic E-state index is 13.0. The van der Waals surface area contributed by atoms with Crippen molar-refractivity contribution in [3.63, 3.8) is 0 Å². The van der Waals surface area contributed by atoms with E-state index in [0.29, 0.717) is 26.1 Å². The second kappa shape index (κ2) is 8.21. The molecule has 1 aromatic carbocycles. The van der Waals surface area contributed by atoms with E-state index in [9.17, 15) is 14.7 Å². The molecule has 0 aliphatic carbocycles. The van der Waals surface area contributed by atoms with E-state index in [0.717, 1.165) is 51.9 Å². The van der Waals surface area contributed by atoms with Gasteiger partial charge in [0.2, 0.25) is 11.8 Å². The van der Waals surface area contributed by atoms with Gasteiger partial charge in [0.05, 0.1) is 13.2 Å². The molecule has 1 atom stereocenters. The second-order valence-electron chi connectivity index (χ2n) is 8.69. The number of aliphatic hydroxyl groups is 1. The fourth-order valence-corrected chi connectivity index (χ4v) is 5.16. The average molecular weight is 386 g/mol. The molecule has 1 aromatic rings. The smallest absolute Gasteiger partial charge is 0.236 e. The molecule has 0 radical (unpaired) electrons. The lowest BCUT2D eigenvalue weighted by molar-refractivity contribution is -0.144. The summed E-state index contributed by atoms with van der Waals surface area (Å²) in [7, 11) is 0. The van der Waals surface area contributed by atoms with Gasteiger partial charge < -0.3 is 14.9 Å². The number of hydrogen-bond acceptors (Lipinski definition) is 4. The first-order chi connectivity index (χ1) is 13.6. The normalized spacial score (nSPS) is 25.8. The Kier molecular flexibility index (Phi) is 5.69. The Hall–Kier alpha value is -1.92. The summed E-state index contributed by atoms with van der Waals surface area (Å²) in [6.45, 7) is 4.89. The molecule has 0 saturated carbocycles. The lowest BCUT2D eigenvalue weighted by atomic mass is 9.73. The summed E-state index contributed by atoms with van der Waals surface area (Å²) in [5.74, 6) is 0.346. The highest BCUT2D eigenvalue weighted by atomic mass is 16.3. The molecule has 2 amide bonds. The molecule has 3 aliphatic heterocycles. The van der Waals surface area contributed by atoms with Gasteiger partial charge in [-0.25, -0.2) is 0 Å². The molecule has 152 valence electrons. The number of fused-ring (bicyclic) bond motifs is 1. The summed E-state index contributed by atoms with van der Waals surface area (Å²) in [4.78, 5) is 31.2. The molecule has 2 fully saturated rings. The molecule has 6 heteroatoms. The lowest BCUT2D eigenvalue weighted by Gasteiger charge is -2.48. The number of rotatable bonds is 4.